The third-order valence-electron chi connectivity index (χ3n) is 6.39. The Bertz CT molecular complexity index is 833. The van der Waals surface area contributed by atoms with Crippen LogP contribution in [0.15, 0.2) is 30.5 Å². The zero-order valence-electron chi connectivity index (χ0n) is 17.8. The molecule has 2 aliphatic heterocycles. The van der Waals surface area contributed by atoms with Gasteiger partial charge in [-0.05, 0) is 42.5 Å². The summed E-state index contributed by atoms with van der Waals surface area (Å²) in [5.74, 6) is 0.954. The van der Waals surface area contributed by atoms with Gasteiger partial charge in [0.25, 0.3) is 0 Å². The molecule has 162 valence electrons. The van der Waals surface area contributed by atoms with Crippen molar-refractivity contribution in [2.45, 2.75) is 58.8 Å². The maximum Gasteiger partial charge on any atom is 0.414 e. The van der Waals surface area contributed by atoms with Crippen LogP contribution >= 0.6 is 0 Å². The summed E-state index contributed by atoms with van der Waals surface area (Å²) >= 11 is 0. The number of cyclic esters (lactones) is 1. The molecular weight excluding hydrogens is 384 g/mol. The predicted molar refractivity (Wildman–Crippen MR) is 112 cm³/mol. The minimum Gasteiger partial charge on any atom is -0.458 e. The van der Waals surface area contributed by atoms with Crippen LogP contribution in [-0.2, 0) is 19.0 Å². The Morgan fingerprint density at radius 3 is 2.67 bits per heavy atom. The number of rotatable bonds is 5. The number of amides is 2. The van der Waals surface area contributed by atoms with E-state index in [1.165, 1.54) is 26.2 Å². The second-order valence-electron chi connectivity index (χ2n) is 9.05. The van der Waals surface area contributed by atoms with Crippen molar-refractivity contribution in [3.05, 3.63) is 36.1 Å². The molecular formula is C23H30N2O5. The van der Waals surface area contributed by atoms with Crippen LogP contribution in [0.4, 0.5) is 10.5 Å². The molecule has 3 atom stereocenters. The molecule has 1 N–H and O–H groups in total. The van der Waals surface area contributed by atoms with Crippen molar-refractivity contribution in [3.8, 4) is 0 Å². The lowest BCUT2D eigenvalue weighted by atomic mass is 9.68. The van der Waals surface area contributed by atoms with Crippen molar-refractivity contribution in [2.75, 3.05) is 18.0 Å². The van der Waals surface area contributed by atoms with Gasteiger partial charge in [0.1, 0.15) is 12.4 Å². The molecule has 0 spiro atoms. The summed E-state index contributed by atoms with van der Waals surface area (Å²) in [5.41, 5.74) is 1.87. The number of ether oxygens (including phenoxy) is 3. The molecule has 30 heavy (non-hydrogen) atoms. The van der Waals surface area contributed by atoms with Crippen LogP contribution in [0.2, 0.25) is 0 Å². The van der Waals surface area contributed by atoms with E-state index in [4.69, 9.17) is 14.2 Å². The van der Waals surface area contributed by atoms with E-state index < -0.39 is 6.09 Å². The number of anilines is 1. The number of hydrogen-bond acceptors (Lipinski definition) is 5. The maximum atomic E-state index is 12.2. The van der Waals surface area contributed by atoms with Crippen LogP contribution in [0.25, 0.3) is 5.76 Å². The molecule has 4 rings (SSSR count). The van der Waals surface area contributed by atoms with E-state index in [2.05, 4.69) is 19.2 Å². The molecule has 7 nitrogen and oxygen atoms in total. The topological polar surface area (TPSA) is 77.1 Å². The SMILES string of the molecule is CC(=O)NCC1CN(c2ccc(C3=COC(C4CCCCC4(C)C)O3)cc2)C(=O)O1. The first-order chi connectivity index (χ1) is 14.3. The van der Waals surface area contributed by atoms with E-state index >= 15 is 0 Å². The molecule has 2 heterocycles. The monoisotopic (exact) mass is 414 g/mol. The van der Waals surface area contributed by atoms with Gasteiger partial charge in [-0.1, -0.05) is 26.7 Å². The van der Waals surface area contributed by atoms with Gasteiger partial charge in [-0.15, -0.1) is 0 Å². The summed E-state index contributed by atoms with van der Waals surface area (Å²) in [5, 5.41) is 2.68. The highest BCUT2D eigenvalue weighted by molar-refractivity contribution is 5.90. The van der Waals surface area contributed by atoms with Gasteiger partial charge in [0.05, 0.1) is 13.1 Å². The molecule has 1 aromatic carbocycles. The van der Waals surface area contributed by atoms with E-state index in [0.717, 1.165) is 23.4 Å². The van der Waals surface area contributed by atoms with Gasteiger partial charge >= 0.3 is 6.09 Å². The largest absolute Gasteiger partial charge is 0.458 e. The lowest BCUT2D eigenvalue weighted by molar-refractivity contribution is -0.119. The van der Waals surface area contributed by atoms with Gasteiger partial charge < -0.3 is 19.5 Å². The molecule has 1 saturated carbocycles. The Labute approximate surface area is 177 Å². The van der Waals surface area contributed by atoms with Crippen molar-refractivity contribution in [3.63, 3.8) is 0 Å². The van der Waals surface area contributed by atoms with Crippen molar-refractivity contribution in [2.24, 2.45) is 11.3 Å². The van der Waals surface area contributed by atoms with Crippen LogP contribution in [0.3, 0.4) is 0 Å². The van der Waals surface area contributed by atoms with Gasteiger partial charge in [0, 0.05) is 24.1 Å². The van der Waals surface area contributed by atoms with Crippen LogP contribution in [0.5, 0.6) is 0 Å². The molecule has 1 aliphatic carbocycles. The minimum atomic E-state index is -0.405. The Kier molecular flexibility index (Phi) is 5.62. The summed E-state index contributed by atoms with van der Waals surface area (Å²) in [4.78, 5) is 24.8. The fourth-order valence-corrected chi connectivity index (χ4v) is 4.55. The van der Waals surface area contributed by atoms with Gasteiger partial charge in [0.15, 0.2) is 5.76 Å². The molecule has 0 bridgehead atoms. The van der Waals surface area contributed by atoms with Crippen molar-refractivity contribution < 1.29 is 23.8 Å². The fourth-order valence-electron chi connectivity index (χ4n) is 4.55. The summed E-state index contributed by atoms with van der Waals surface area (Å²) in [6.07, 6.45) is 5.51. The average molecular weight is 415 g/mol. The first-order valence-electron chi connectivity index (χ1n) is 10.7. The van der Waals surface area contributed by atoms with Crippen LogP contribution < -0.4 is 10.2 Å². The highest BCUT2D eigenvalue weighted by atomic mass is 16.7. The number of nitrogens with one attached hydrogen (secondary N) is 1. The molecule has 7 heteroatoms. The highest BCUT2D eigenvalue weighted by Gasteiger charge is 2.42. The Morgan fingerprint density at radius 1 is 1.20 bits per heavy atom. The zero-order chi connectivity index (χ0) is 21.3. The molecule has 2 fully saturated rings. The smallest absolute Gasteiger partial charge is 0.414 e. The first kappa shape index (κ1) is 20.6. The minimum absolute atomic E-state index is 0.143. The zero-order valence-corrected chi connectivity index (χ0v) is 17.8. The third kappa shape index (κ3) is 4.25. The third-order valence-corrected chi connectivity index (χ3v) is 6.39. The molecule has 1 saturated heterocycles. The Hall–Kier alpha value is -2.70. The van der Waals surface area contributed by atoms with Crippen molar-refractivity contribution in [1.82, 2.24) is 5.32 Å². The fraction of sp³-hybridized carbons (Fsp3) is 0.565. The van der Waals surface area contributed by atoms with E-state index in [-0.39, 0.29) is 23.7 Å². The Morgan fingerprint density at radius 2 is 1.97 bits per heavy atom. The molecule has 3 aliphatic rings. The second-order valence-corrected chi connectivity index (χ2v) is 9.05. The number of hydrogen-bond donors (Lipinski definition) is 1. The summed E-state index contributed by atoms with van der Waals surface area (Å²) < 4.78 is 17.4. The molecule has 3 unspecified atom stereocenters. The van der Waals surface area contributed by atoms with Crippen molar-refractivity contribution >= 4 is 23.4 Å². The van der Waals surface area contributed by atoms with Gasteiger partial charge in [-0.25, -0.2) is 4.79 Å². The average Bonchev–Trinajstić information content (AvgIpc) is 3.33. The van der Waals surface area contributed by atoms with E-state index in [0.29, 0.717) is 19.0 Å². The number of carbonyl (C=O) groups is 2. The van der Waals surface area contributed by atoms with Crippen LogP contribution in [0.1, 0.15) is 52.0 Å². The van der Waals surface area contributed by atoms with Gasteiger partial charge in [0.2, 0.25) is 12.2 Å². The number of benzene rings is 1. The van der Waals surface area contributed by atoms with Gasteiger partial charge in [-0.2, -0.15) is 0 Å². The van der Waals surface area contributed by atoms with Crippen LogP contribution in [0, 0.1) is 11.3 Å². The summed E-state index contributed by atoms with van der Waals surface area (Å²) in [7, 11) is 0. The van der Waals surface area contributed by atoms with E-state index in [1.807, 2.05) is 24.3 Å². The lowest BCUT2D eigenvalue weighted by Crippen LogP contribution is -2.37. The number of nitrogens with zero attached hydrogens (tertiary/aromatic N) is 1. The van der Waals surface area contributed by atoms with Gasteiger partial charge in [-0.3, -0.25) is 9.69 Å². The second kappa shape index (κ2) is 8.20. The summed E-state index contributed by atoms with van der Waals surface area (Å²) in [6.45, 7) is 6.75. The van der Waals surface area contributed by atoms with E-state index in [1.54, 1.807) is 11.2 Å². The number of carbonyl (C=O) groups excluding carboxylic acids is 2. The Balaban J connectivity index is 1.37. The highest BCUT2D eigenvalue weighted by Crippen LogP contribution is 2.45. The molecule has 1 aromatic rings. The van der Waals surface area contributed by atoms with Crippen molar-refractivity contribution in [1.29, 1.82) is 0 Å². The molecule has 0 radical (unpaired) electrons. The predicted octanol–water partition coefficient (Wildman–Crippen LogP) is 4.04. The quantitative estimate of drug-likeness (QED) is 0.787. The lowest BCUT2D eigenvalue weighted by Gasteiger charge is -2.40. The standard InChI is InChI=1S/C23H30N2O5/c1-15(26)24-12-18-13-25(22(27)29-18)17-9-7-16(8-10-17)20-14-28-21(30-20)19-6-4-5-11-23(19,2)3/h7-10,14,18-19,21H,4-6,11-13H2,1-3H3,(H,24,26). The van der Waals surface area contributed by atoms with E-state index in [9.17, 15) is 9.59 Å². The van der Waals surface area contributed by atoms with Crippen LogP contribution in [-0.4, -0.2) is 37.5 Å². The molecule has 2 amide bonds. The summed E-state index contributed by atoms with van der Waals surface area (Å²) in [6, 6.07) is 7.60. The first-order valence-corrected chi connectivity index (χ1v) is 10.7. The normalized spacial score (nSPS) is 27.7. The molecule has 0 aromatic heterocycles. The maximum absolute atomic E-state index is 12.2.